The van der Waals surface area contributed by atoms with E-state index in [1.54, 1.807) is 0 Å². The first kappa shape index (κ1) is 11.6. The highest BCUT2D eigenvalue weighted by Gasteiger charge is 2.28. The number of methoxy groups -OCH3 is 1. The van der Waals surface area contributed by atoms with Gasteiger partial charge in [-0.05, 0) is 38.8 Å². The van der Waals surface area contributed by atoms with Crippen molar-refractivity contribution in [3.63, 3.8) is 0 Å². The van der Waals surface area contributed by atoms with Crippen molar-refractivity contribution in [3.05, 3.63) is 12.2 Å². The fraction of sp³-hybridized carbons (Fsp3) is 0.769. The monoisotopic (exact) mass is 223 g/mol. The van der Waals surface area contributed by atoms with Gasteiger partial charge in [-0.25, -0.2) is 0 Å². The van der Waals surface area contributed by atoms with E-state index in [9.17, 15) is 4.79 Å². The Bertz CT molecular complexity index is 269. The summed E-state index contributed by atoms with van der Waals surface area (Å²) in [4.78, 5) is 14.0. The zero-order valence-electron chi connectivity index (χ0n) is 10.0. The summed E-state index contributed by atoms with van der Waals surface area (Å²) in [5.74, 6) is 0.0216. The second-order valence-electron chi connectivity index (χ2n) is 4.78. The number of carbonyl (C=O) groups excluding carboxylic acids is 1. The molecule has 1 fully saturated rings. The van der Waals surface area contributed by atoms with E-state index in [0.717, 1.165) is 12.8 Å². The average molecular weight is 223 g/mol. The van der Waals surface area contributed by atoms with Crippen LogP contribution in [0.3, 0.4) is 0 Å². The number of nitrogens with zero attached hydrogens (tertiary/aromatic N) is 1. The molecular formula is C13H21NO2. The van der Waals surface area contributed by atoms with Crippen LogP contribution in [0.1, 0.15) is 32.1 Å². The molecule has 2 atom stereocenters. The molecule has 0 aromatic carbocycles. The smallest absolute Gasteiger partial charge is 0.309 e. The number of piperidine rings is 1. The molecule has 0 amide bonds. The van der Waals surface area contributed by atoms with Crippen molar-refractivity contribution in [2.75, 3.05) is 20.2 Å². The fourth-order valence-corrected chi connectivity index (χ4v) is 2.75. The highest BCUT2D eigenvalue weighted by atomic mass is 16.5. The first-order valence-electron chi connectivity index (χ1n) is 6.30. The number of esters is 1. The highest BCUT2D eigenvalue weighted by molar-refractivity contribution is 5.72. The topological polar surface area (TPSA) is 29.5 Å². The second kappa shape index (κ2) is 5.48. The van der Waals surface area contributed by atoms with Gasteiger partial charge in [-0.2, -0.15) is 0 Å². The van der Waals surface area contributed by atoms with E-state index < -0.39 is 0 Å². The van der Waals surface area contributed by atoms with E-state index in [1.807, 2.05) is 0 Å². The van der Waals surface area contributed by atoms with Gasteiger partial charge in [0.15, 0.2) is 0 Å². The summed E-state index contributed by atoms with van der Waals surface area (Å²) in [5.41, 5.74) is 0. The van der Waals surface area contributed by atoms with Gasteiger partial charge in [0.1, 0.15) is 0 Å². The van der Waals surface area contributed by atoms with Crippen LogP contribution in [0.5, 0.6) is 0 Å². The van der Waals surface area contributed by atoms with E-state index in [0.29, 0.717) is 6.04 Å². The lowest BCUT2D eigenvalue weighted by molar-refractivity contribution is -0.146. The van der Waals surface area contributed by atoms with Gasteiger partial charge in [-0.3, -0.25) is 9.69 Å². The summed E-state index contributed by atoms with van der Waals surface area (Å²) in [5, 5.41) is 0. The molecule has 0 bridgehead atoms. The molecule has 2 aliphatic rings. The van der Waals surface area contributed by atoms with Crippen LogP contribution in [-0.4, -0.2) is 37.1 Å². The maximum Gasteiger partial charge on any atom is 0.309 e. The molecule has 0 aromatic heterocycles. The Labute approximate surface area is 97.5 Å². The average Bonchev–Trinajstić information content (AvgIpc) is 2.39. The maximum atomic E-state index is 11.5. The summed E-state index contributed by atoms with van der Waals surface area (Å²) in [6.07, 6.45) is 10.1. The Morgan fingerprint density at radius 2 is 2.06 bits per heavy atom. The molecule has 90 valence electrons. The summed E-state index contributed by atoms with van der Waals surface area (Å²) in [7, 11) is 1.48. The molecule has 0 N–H and O–H groups in total. The van der Waals surface area contributed by atoms with E-state index in [-0.39, 0.29) is 11.9 Å². The van der Waals surface area contributed by atoms with E-state index in [4.69, 9.17) is 4.74 Å². The molecule has 0 saturated carbocycles. The molecule has 3 nitrogen and oxygen atoms in total. The molecule has 1 saturated heterocycles. The molecule has 16 heavy (non-hydrogen) atoms. The molecule has 2 rings (SSSR count). The van der Waals surface area contributed by atoms with Gasteiger partial charge in [0.2, 0.25) is 0 Å². The van der Waals surface area contributed by atoms with Crippen LogP contribution in [-0.2, 0) is 9.53 Å². The van der Waals surface area contributed by atoms with Crippen molar-refractivity contribution in [2.45, 2.75) is 38.1 Å². The zero-order chi connectivity index (χ0) is 11.4. The largest absolute Gasteiger partial charge is 0.469 e. The number of allylic oxidation sites excluding steroid dienone is 1. The lowest BCUT2D eigenvalue weighted by atomic mass is 9.89. The van der Waals surface area contributed by atoms with Crippen LogP contribution in [0.15, 0.2) is 12.2 Å². The van der Waals surface area contributed by atoms with Crippen LogP contribution >= 0.6 is 0 Å². The molecule has 1 heterocycles. The normalized spacial score (nSPS) is 31.3. The van der Waals surface area contributed by atoms with Gasteiger partial charge in [-0.1, -0.05) is 18.6 Å². The van der Waals surface area contributed by atoms with Gasteiger partial charge in [0.25, 0.3) is 0 Å². The van der Waals surface area contributed by atoms with Crippen molar-refractivity contribution in [2.24, 2.45) is 5.92 Å². The van der Waals surface area contributed by atoms with Crippen molar-refractivity contribution in [1.29, 1.82) is 0 Å². The van der Waals surface area contributed by atoms with Gasteiger partial charge in [0.05, 0.1) is 13.0 Å². The van der Waals surface area contributed by atoms with Crippen molar-refractivity contribution < 1.29 is 9.53 Å². The van der Waals surface area contributed by atoms with Crippen LogP contribution in [0, 0.1) is 5.92 Å². The van der Waals surface area contributed by atoms with Gasteiger partial charge >= 0.3 is 5.97 Å². The Morgan fingerprint density at radius 3 is 2.75 bits per heavy atom. The number of hydrogen-bond donors (Lipinski definition) is 0. The van der Waals surface area contributed by atoms with Gasteiger partial charge < -0.3 is 4.74 Å². The minimum Gasteiger partial charge on any atom is -0.469 e. The number of likely N-dealkylation sites (tertiary alicyclic amines) is 1. The molecular weight excluding hydrogens is 202 g/mol. The van der Waals surface area contributed by atoms with Crippen LogP contribution in [0.4, 0.5) is 0 Å². The number of ether oxygens (including phenoxy) is 1. The molecule has 1 aliphatic heterocycles. The van der Waals surface area contributed by atoms with Crippen LogP contribution in [0.2, 0.25) is 0 Å². The first-order valence-corrected chi connectivity index (χ1v) is 6.30. The molecule has 3 heteroatoms. The van der Waals surface area contributed by atoms with Crippen LogP contribution < -0.4 is 0 Å². The number of rotatable bonds is 2. The Hall–Kier alpha value is -0.830. The van der Waals surface area contributed by atoms with E-state index in [1.165, 1.54) is 39.5 Å². The van der Waals surface area contributed by atoms with Gasteiger partial charge in [0, 0.05) is 6.04 Å². The molecule has 1 aliphatic carbocycles. The lowest BCUT2D eigenvalue weighted by Crippen LogP contribution is -2.41. The molecule has 0 radical (unpaired) electrons. The third-order valence-corrected chi connectivity index (χ3v) is 3.70. The SMILES string of the molecule is COC(=O)[C@@H]1CC=C[C@@H](N2CCCCC2)C1. The molecule has 0 spiro atoms. The van der Waals surface area contributed by atoms with Crippen LogP contribution in [0.25, 0.3) is 0 Å². The minimum atomic E-state index is -0.0497. The quantitative estimate of drug-likeness (QED) is 0.529. The maximum absolute atomic E-state index is 11.5. The lowest BCUT2D eigenvalue weighted by Gasteiger charge is -2.36. The zero-order valence-corrected chi connectivity index (χ0v) is 10.0. The Morgan fingerprint density at radius 1 is 1.31 bits per heavy atom. The minimum absolute atomic E-state index is 0.0497. The number of hydrogen-bond acceptors (Lipinski definition) is 3. The molecule has 0 unspecified atom stereocenters. The predicted molar refractivity (Wildman–Crippen MR) is 63.1 cm³/mol. The Balaban J connectivity index is 1.93. The first-order chi connectivity index (χ1) is 7.81. The third kappa shape index (κ3) is 2.64. The van der Waals surface area contributed by atoms with E-state index in [2.05, 4.69) is 17.1 Å². The molecule has 0 aromatic rings. The summed E-state index contributed by atoms with van der Waals surface area (Å²) in [6, 6.07) is 0.457. The Kier molecular flexibility index (Phi) is 3.99. The predicted octanol–water partition coefficient (Wildman–Crippen LogP) is 1.98. The third-order valence-electron chi connectivity index (χ3n) is 3.70. The second-order valence-corrected chi connectivity index (χ2v) is 4.78. The fourth-order valence-electron chi connectivity index (χ4n) is 2.75. The summed E-state index contributed by atoms with van der Waals surface area (Å²) >= 11 is 0. The van der Waals surface area contributed by atoms with Crippen molar-refractivity contribution in [1.82, 2.24) is 4.90 Å². The van der Waals surface area contributed by atoms with Crippen molar-refractivity contribution >= 4 is 5.97 Å². The van der Waals surface area contributed by atoms with E-state index >= 15 is 0 Å². The van der Waals surface area contributed by atoms with Gasteiger partial charge in [-0.15, -0.1) is 0 Å². The highest BCUT2D eigenvalue weighted by Crippen LogP contribution is 2.25. The summed E-state index contributed by atoms with van der Waals surface area (Å²) < 4.78 is 4.83. The summed E-state index contributed by atoms with van der Waals surface area (Å²) in [6.45, 7) is 2.37. The van der Waals surface area contributed by atoms with Crippen molar-refractivity contribution in [3.8, 4) is 0 Å². The number of carbonyl (C=O) groups is 1. The standard InChI is InChI=1S/C13H21NO2/c1-16-13(15)11-6-5-7-12(10-11)14-8-3-2-4-9-14/h5,7,11-12H,2-4,6,8-10H2,1H3/t11-,12-/m1/s1.